The van der Waals surface area contributed by atoms with Gasteiger partial charge in [-0.05, 0) is 49.6 Å². The van der Waals surface area contributed by atoms with Gasteiger partial charge in [0.05, 0.1) is 12.0 Å². The Bertz CT molecular complexity index is 1250. The first-order valence-electron chi connectivity index (χ1n) is 12.7. The lowest BCUT2D eigenvalue weighted by Crippen LogP contribution is -2.46. The summed E-state index contributed by atoms with van der Waals surface area (Å²) in [5.41, 5.74) is 4.01. The lowest BCUT2D eigenvalue weighted by atomic mass is 9.86. The average molecular weight is 518 g/mol. The number of carboxylic acids is 1. The van der Waals surface area contributed by atoms with Gasteiger partial charge in [0.15, 0.2) is 0 Å². The number of H-pyrrole nitrogens is 1. The zero-order chi connectivity index (χ0) is 26.7. The summed E-state index contributed by atoms with van der Waals surface area (Å²) < 4.78 is 46.2. The third kappa shape index (κ3) is 5.78. The molecule has 2 unspecified atom stereocenters. The maximum absolute atomic E-state index is 15.6. The number of carboxylic acid groups (broad SMARTS) is 1. The van der Waals surface area contributed by atoms with Crippen molar-refractivity contribution in [2.24, 2.45) is 5.92 Å². The Morgan fingerprint density at radius 3 is 2.73 bits per heavy atom. The fourth-order valence-electron chi connectivity index (χ4n) is 5.23. The summed E-state index contributed by atoms with van der Waals surface area (Å²) in [5.74, 6) is -1.43. The van der Waals surface area contributed by atoms with Crippen molar-refractivity contribution < 1.29 is 27.8 Å². The highest BCUT2D eigenvalue weighted by molar-refractivity contribution is 5.85. The molecule has 0 aliphatic carbocycles. The van der Waals surface area contributed by atoms with E-state index in [-0.39, 0.29) is 32.2 Å². The molecule has 6 nitrogen and oxygen atoms in total. The van der Waals surface area contributed by atoms with Gasteiger partial charge < -0.3 is 20.1 Å². The van der Waals surface area contributed by atoms with Crippen molar-refractivity contribution in [3.05, 3.63) is 64.6 Å². The Kier molecular flexibility index (Phi) is 8.44. The van der Waals surface area contributed by atoms with Crippen LogP contribution >= 0.6 is 0 Å². The van der Waals surface area contributed by atoms with Gasteiger partial charge in [0.2, 0.25) is 6.43 Å². The molecule has 1 aliphatic rings. The van der Waals surface area contributed by atoms with Gasteiger partial charge in [-0.15, -0.1) is 0 Å². The molecule has 3 aromatic rings. The van der Waals surface area contributed by atoms with Crippen molar-refractivity contribution in [3.63, 3.8) is 0 Å². The molecule has 9 heteroatoms. The molecule has 200 valence electrons. The lowest BCUT2D eigenvalue weighted by molar-refractivity contribution is -0.142. The molecule has 37 heavy (non-hydrogen) atoms. The highest BCUT2D eigenvalue weighted by Crippen LogP contribution is 2.44. The number of fused-ring (bicyclic) bond motifs is 3. The SMILES string of the molecule is Cc1c(OCCNCCC(F)F)ccc(F)c1C1c2[nH]c3ccccc3c2C[C@@H](C)N1CC(C)C(=O)O. The van der Waals surface area contributed by atoms with E-state index in [0.29, 0.717) is 29.8 Å². The minimum atomic E-state index is -2.35. The van der Waals surface area contributed by atoms with Gasteiger partial charge in [-0.2, -0.15) is 0 Å². The summed E-state index contributed by atoms with van der Waals surface area (Å²) in [6, 6.07) is 10.4. The normalized spacial score (nSPS) is 18.8. The average Bonchev–Trinajstić information content (AvgIpc) is 3.21. The predicted octanol–water partition coefficient (Wildman–Crippen LogP) is 5.30. The predicted molar refractivity (Wildman–Crippen MR) is 137 cm³/mol. The second-order valence-corrected chi connectivity index (χ2v) is 9.82. The highest BCUT2D eigenvalue weighted by Gasteiger charge is 2.39. The van der Waals surface area contributed by atoms with Crippen LogP contribution in [-0.2, 0) is 11.2 Å². The molecule has 0 bridgehead atoms. The maximum Gasteiger partial charge on any atom is 0.307 e. The molecule has 0 spiro atoms. The van der Waals surface area contributed by atoms with Gasteiger partial charge in [-0.3, -0.25) is 9.69 Å². The molecule has 0 saturated carbocycles. The molecular weight excluding hydrogens is 483 g/mol. The molecule has 2 heterocycles. The van der Waals surface area contributed by atoms with E-state index in [2.05, 4.69) is 15.2 Å². The Morgan fingerprint density at radius 2 is 2.00 bits per heavy atom. The number of para-hydroxylation sites is 1. The number of rotatable bonds is 11. The van der Waals surface area contributed by atoms with Crippen molar-refractivity contribution in [1.29, 1.82) is 0 Å². The first kappa shape index (κ1) is 27.0. The van der Waals surface area contributed by atoms with Gasteiger partial charge in [0, 0.05) is 54.3 Å². The minimum Gasteiger partial charge on any atom is -0.492 e. The lowest BCUT2D eigenvalue weighted by Gasteiger charge is -2.42. The van der Waals surface area contributed by atoms with Gasteiger partial charge in [-0.25, -0.2) is 13.2 Å². The van der Waals surface area contributed by atoms with Crippen LogP contribution < -0.4 is 10.1 Å². The molecule has 1 aliphatic heterocycles. The van der Waals surface area contributed by atoms with E-state index in [4.69, 9.17) is 4.74 Å². The number of benzene rings is 2. The first-order chi connectivity index (χ1) is 17.7. The van der Waals surface area contributed by atoms with Crippen molar-refractivity contribution in [2.75, 3.05) is 26.2 Å². The summed E-state index contributed by atoms with van der Waals surface area (Å²) in [7, 11) is 0. The van der Waals surface area contributed by atoms with E-state index in [1.807, 2.05) is 31.2 Å². The molecular formula is C28H34F3N3O3. The Hall–Kier alpha value is -3.04. The van der Waals surface area contributed by atoms with E-state index in [9.17, 15) is 18.7 Å². The summed E-state index contributed by atoms with van der Waals surface area (Å²) in [6.07, 6.45) is -1.87. The van der Waals surface area contributed by atoms with Gasteiger partial charge in [-0.1, -0.05) is 25.1 Å². The highest BCUT2D eigenvalue weighted by atomic mass is 19.3. The number of aromatic nitrogens is 1. The molecule has 1 aromatic heterocycles. The van der Waals surface area contributed by atoms with E-state index < -0.39 is 30.2 Å². The van der Waals surface area contributed by atoms with Crippen molar-refractivity contribution >= 4 is 16.9 Å². The van der Waals surface area contributed by atoms with Crippen LogP contribution in [0.2, 0.25) is 0 Å². The minimum absolute atomic E-state index is 0.0269. The topological polar surface area (TPSA) is 77.6 Å². The van der Waals surface area contributed by atoms with E-state index in [0.717, 1.165) is 22.2 Å². The van der Waals surface area contributed by atoms with Crippen LogP contribution in [0.25, 0.3) is 10.9 Å². The number of aliphatic carboxylic acids is 1. The quantitative estimate of drug-likeness (QED) is 0.301. The molecule has 2 aromatic carbocycles. The molecule has 0 amide bonds. The number of halogens is 3. The third-order valence-corrected chi connectivity index (χ3v) is 7.18. The number of hydrogen-bond acceptors (Lipinski definition) is 4. The summed E-state index contributed by atoms with van der Waals surface area (Å²) in [4.78, 5) is 17.3. The maximum atomic E-state index is 15.6. The van der Waals surface area contributed by atoms with Crippen LogP contribution in [0.3, 0.4) is 0 Å². The second kappa shape index (κ2) is 11.6. The number of ether oxygens (including phenoxy) is 1. The smallest absolute Gasteiger partial charge is 0.307 e. The number of alkyl halides is 2. The Balaban J connectivity index is 1.71. The van der Waals surface area contributed by atoms with Crippen LogP contribution in [0.4, 0.5) is 13.2 Å². The fourth-order valence-corrected chi connectivity index (χ4v) is 5.23. The monoisotopic (exact) mass is 517 g/mol. The van der Waals surface area contributed by atoms with Gasteiger partial charge >= 0.3 is 5.97 Å². The van der Waals surface area contributed by atoms with Crippen LogP contribution in [0.15, 0.2) is 36.4 Å². The summed E-state index contributed by atoms with van der Waals surface area (Å²) in [6.45, 7) is 6.59. The fraction of sp³-hybridized carbons (Fsp3) is 0.464. The van der Waals surface area contributed by atoms with E-state index >= 15 is 4.39 Å². The molecule has 0 saturated heterocycles. The largest absolute Gasteiger partial charge is 0.492 e. The molecule has 4 rings (SSSR count). The zero-order valence-corrected chi connectivity index (χ0v) is 21.4. The van der Waals surface area contributed by atoms with Crippen molar-refractivity contribution in [2.45, 2.75) is 52.1 Å². The summed E-state index contributed by atoms with van der Waals surface area (Å²) >= 11 is 0. The van der Waals surface area contributed by atoms with Crippen molar-refractivity contribution in [1.82, 2.24) is 15.2 Å². The first-order valence-corrected chi connectivity index (χ1v) is 12.7. The standard InChI is InChI=1S/C28H34F3N3O3/c1-16(28(35)36)15-34-17(2)14-20-19-6-4-5-7-22(19)33-26(20)27(34)25-18(3)23(9-8-21(25)29)37-13-12-32-11-10-24(30)31/h4-9,16-17,24,27,32-33H,10-15H2,1-3H3,(H,35,36)/t16?,17-,27?/m1/s1. The number of carbonyl (C=O) groups is 1. The Labute approximate surface area is 214 Å². The zero-order valence-electron chi connectivity index (χ0n) is 21.4. The third-order valence-electron chi connectivity index (χ3n) is 7.18. The van der Waals surface area contributed by atoms with Gasteiger partial charge in [0.25, 0.3) is 0 Å². The van der Waals surface area contributed by atoms with Crippen LogP contribution in [0, 0.1) is 18.7 Å². The number of hydrogen-bond donors (Lipinski definition) is 3. The van der Waals surface area contributed by atoms with E-state index in [1.54, 1.807) is 19.9 Å². The van der Waals surface area contributed by atoms with Gasteiger partial charge in [0.1, 0.15) is 18.2 Å². The molecule has 0 fully saturated rings. The summed E-state index contributed by atoms with van der Waals surface area (Å²) in [5, 5.41) is 13.6. The molecule has 3 atom stereocenters. The number of nitrogens with zero attached hydrogens (tertiary/aromatic N) is 1. The van der Waals surface area contributed by atoms with Crippen LogP contribution in [0.5, 0.6) is 5.75 Å². The van der Waals surface area contributed by atoms with Crippen LogP contribution in [-0.4, -0.2) is 59.7 Å². The van der Waals surface area contributed by atoms with E-state index in [1.165, 1.54) is 6.07 Å². The number of aromatic amines is 1. The molecule has 0 radical (unpaired) electrons. The van der Waals surface area contributed by atoms with Crippen molar-refractivity contribution in [3.8, 4) is 5.75 Å². The van der Waals surface area contributed by atoms with Crippen LogP contribution in [0.1, 0.15) is 48.7 Å². The molecule has 3 N–H and O–H groups in total. The second-order valence-electron chi connectivity index (χ2n) is 9.82. The Morgan fingerprint density at radius 1 is 1.24 bits per heavy atom. The number of nitrogens with one attached hydrogen (secondary N) is 2.